The summed E-state index contributed by atoms with van der Waals surface area (Å²) in [6.45, 7) is 15.8. The molecular formula is C80H96N2O22. The third-order valence-corrected chi connectivity index (χ3v) is 17.2. The Labute approximate surface area is 606 Å². The van der Waals surface area contributed by atoms with E-state index in [-0.39, 0.29) is 125 Å². The molecule has 0 saturated carbocycles. The van der Waals surface area contributed by atoms with Gasteiger partial charge in [-0.15, -0.1) is 0 Å². The van der Waals surface area contributed by atoms with Gasteiger partial charge < -0.3 is 88.5 Å². The Morgan fingerprint density at radius 3 is 1.42 bits per heavy atom. The van der Waals surface area contributed by atoms with Gasteiger partial charge in [-0.2, -0.15) is 0 Å². The number of allylic oxidation sites excluding steroid dienone is 3. The highest BCUT2D eigenvalue weighted by Crippen LogP contribution is 2.37. The van der Waals surface area contributed by atoms with Crippen molar-refractivity contribution >= 4 is 52.4 Å². The number of benzene rings is 3. The number of hydrogen-bond donors (Lipinski definition) is 8. The third-order valence-electron chi connectivity index (χ3n) is 17.2. The number of nitrogens with zero attached hydrogens (tertiary/aromatic N) is 2. The predicted octanol–water partition coefficient (Wildman–Crippen LogP) is 6.67. The first kappa shape index (κ1) is 81.5. The van der Waals surface area contributed by atoms with Gasteiger partial charge in [-0.25, -0.2) is 19.2 Å². The molecule has 3 aromatic carbocycles. The lowest BCUT2D eigenvalue weighted by Crippen LogP contribution is -2.47. The number of carbonyl (C=O) groups excluding carboxylic acids is 6. The lowest BCUT2D eigenvalue weighted by atomic mass is 9.85. The van der Waals surface area contributed by atoms with Crippen molar-refractivity contribution in [2.75, 3.05) is 72.6 Å². The molecule has 0 spiro atoms. The second-order valence-corrected chi connectivity index (χ2v) is 25.3. The summed E-state index contributed by atoms with van der Waals surface area (Å²) in [6.07, 6.45) is 19.1. The third kappa shape index (κ3) is 24.4. The maximum Gasteiger partial charge on any atom is 0.339 e. The summed E-state index contributed by atoms with van der Waals surface area (Å²) < 4.78 is 43.0. The average molecular weight is 1440 g/mol. The molecule has 3 heterocycles. The first-order valence-corrected chi connectivity index (χ1v) is 34.7. The van der Waals surface area contributed by atoms with Gasteiger partial charge in [-0.1, -0.05) is 136 Å². The van der Waals surface area contributed by atoms with Crippen molar-refractivity contribution in [2.24, 2.45) is 17.8 Å². The Balaban J connectivity index is 0.000000221. The van der Waals surface area contributed by atoms with Crippen LogP contribution < -0.4 is 4.74 Å². The van der Waals surface area contributed by atoms with Gasteiger partial charge >= 0.3 is 23.9 Å². The second-order valence-electron chi connectivity index (χ2n) is 25.3. The highest BCUT2D eigenvalue weighted by atomic mass is 16.6. The maximum atomic E-state index is 13.2. The van der Waals surface area contributed by atoms with E-state index < -0.39 is 66.6 Å². The summed E-state index contributed by atoms with van der Waals surface area (Å²) in [5.41, 5.74) is 4.64. The standard InChI is InChI=1S/C31H40O10.C25H29NO6.C24H27NO6/c1-4-25(32)26(33)11-14-38-22-8-5-20(6-9-22)24-17-21-7-10-23(18-29(21)41-31(24)37)39-15-12-27(34)28(35)13-16-40-30(36)19(2)3;1-17(2)25(30)32-16-20(28)15-31-21-10-9-19-13-22(18-7-4-3-5-8-18)24(29)26(11-6-12-27)23(19)14-21;1-2-23(28)31-16-19(27)15-30-20-10-9-18-13-21(17-7-4-3-5-8-17)24(29)25(11-6-12-26)22(18)14-20/h5-10,17-18,21,25-29,32-35H,2,4,11-16H2,1,3H3;3-5,7-10,13-14,19-20,23,27-28H,1,6,11-12,15-16H2,2H3;2-5,7-10,13-14,18-19,22,26-27H,1,6,11-12,15-16H2. The molecule has 12 atom stereocenters. The maximum absolute atomic E-state index is 13.2. The summed E-state index contributed by atoms with van der Waals surface area (Å²) in [5.74, 6) is -0.490. The van der Waals surface area contributed by atoms with Crippen molar-refractivity contribution in [3.05, 3.63) is 229 Å². The minimum Gasteiger partial charge on any atom is -0.494 e. The normalized spacial score (nSPS) is 20.9. The summed E-state index contributed by atoms with van der Waals surface area (Å²) in [4.78, 5) is 76.6. The smallest absolute Gasteiger partial charge is 0.339 e. The highest BCUT2D eigenvalue weighted by Gasteiger charge is 2.39. The first-order chi connectivity index (χ1) is 50.0. The van der Waals surface area contributed by atoms with Gasteiger partial charge in [-0.3, -0.25) is 9.59 Å². The minimum atomic E-state index is -1.08. The minimum absolute atomic E-state index is 0.00984. The molecule has 558 valence electrons. The summed E-state index contributed by atoms with van der Waals surface area (Å²) in [6, 6.07) is 25.5. The van der Waals surface area contributed by atoms with Gasteiger partial charge in [0.15, 0.2) is 0 Å². The number of aliphatic hydroxyl groups is 8. The van der Waals surface area contributed by atoms with E-state index in [2.05, 4.69) is 19.7 Å². The SMILES string of the molecule is C=C(C)C(=O)OCC(O)COC1=CC2C(C=C1)C=C(c1ccccc1)C(=O)N2CCCO.C=C(C)C(=O)OCCC(O)C(O)CCOC1=CC2OC(=O)C(c3ccc(OCCC(O)C(O)CC)cc3)=CC2C=C1.C=CC(=O)OCC(O)COC1=CC2C(C=C1)C=C(c1ccccc1)C(=O)N2CCCO. The molecular weight excluding hydrogens is 1340 g/mol. The van der Waals surface area contributed by atoms with E-state index in [1.54, 1.807) is 53.1 Å². The van der Waals surface area contributed by atoms with E-state index in [1.165, 1.54) is 13.8 Å². The van der Waals surface area contributed by atoms with Crippen molar-refractivity contribution in [1.82, 2.24) is 9.80 Å². The van der Waals surface area contributed by atoms with Crippen LogP contribution in [0.5, 0.6) is 5.75 Å². The van der Waals surface area contributed by atoms with Crippen LogP contribution in [0, 0.1) is 17.8 Å². The van der Waals surface area contributed by atoms with E-state index in [1.807, 2.05) is 121 Å². The molecule has 8 N–H and O–H groups in total. The van der Waals surface area contributed by atoms with E-state index in [0.29, 0.717) is 84.1 Å². The molecule has 0 radical (unpaired) electrons. The van der Waals surface area contributed by atoms with Gasteiger partial charge in [0.05, 0.1) is 61.9 Å². The molecule has 0 bridgehead atoms. The molecule has 9 rings (SSSR count). The summed E-state index contributed by atoms with van der Waals surface area (Å²) >= 11 is 0. The fraction of sp³-hybridized carbons (Fsp3) is 0.400. The zero-order valence-corrected chi connectivity index (χ0v) is 58.8. The molecule has 3 aliphatic heterocycles. The van der Waals surface area contributed by atoms with Crippen LogP contribution in [0.4, 0.5) is 0 Å². The molecule has 2 amide bonds. The van der Waals surface area contributed by atoms with Gasteiger partial charge in [0, 0.05) is 91.7 Å². The predicted molar refractivity (Wildman–Crippen MR) is 386 cm³/mol. The van der Waals surface area contributed by atoms with Crippen molar-refractivity contribution in [3.63, 3.8) is 0 Å². The summed E-state index contributed by atoms with van der Waals surface area (Å²) in [5, 5.41) is 78.3. The number of fused-ring (bicyclic) bond motifs is 3. The van der Waals surface area contributed by atoms with E-state index in [9.17, 15) is 69.6 Å². The topological polar surface area (TPSA) is 345 Å². The lowest BCUT2D eigenvalue weighted by Gasteiger charge is -2.39. The Bertz CT molecular complexity index is 3720. The van der Waals surface area contributed by atoms with Gasteiger partial charge in [0.2, 0.25) is 0 Å². The lowest BCUT2D eigenvalue weighted by molar-refractivity contribution is -0.143. The van der Waals surface area contributed by atoms with Crippen LogP contribution >= 0.6 is 0 Å². The second kappa shape index (κ2) is 41.5. The molecule has 3 aromatic rings. The number of ether oxygens (including phenoxy) is 8. The molecule has 6 aliphatic rings. The van der Waals surface area contributed by atoms with Crippen LogP contribution in [0.3, 0.4) is 0 Å². The fourth-order valence-corrected chi connectivity index (χ4v) is 11.4. The molecule has 24 heteroatoms. The monoisotopic (exact) mass is 1440 g/mol. The van der Waals surface area contributed by atoms with Crippen LogP contribution in [0.15, 0.2) is 212 Å². The number of carbonyl (C=O) groups is 6. The number of rotatable bonds is 36. The Hall–Kier alpha value is -9.76. The molecule has 0 fully saturated rings. The van der Waals surface area contributed by atoms with Crippen LogP contribution in [0.25, 0.3) is 16.7 Å². The Kier molecular flexibility index (Phi) is 32.5. The zero-order valence-electron chi connectivity index (χ0n) is 58.8. The average Bonchev–Trinajstić information content (AvgIpc) is 0.780. The number of hydrogen-bond acceptors (Lipinski definition) is 22. The molecule has 24 nitrogen and oxygen atoms in total. The number of esters is 4. The molecule has 0 saturated heterocycles. The molecule has 12 unspecified atom stereocenters. The van der Waals surface area contributed by atoms with Gasteiger partial charge in [0.1, 0.15) is 67.8 Å². The van der Waals surface area contributed by atoms with E-state index in [0.717, 1.165) is 17.2 Å². The largest absolute Gasteiger partial charge is 0.494 e. The van der Waals surface area contributed by atoms with Gasteiger partial charge in [0.25, 0.3) is 11.8 Å². The molecule has 3 aliphatic carbocycles. The van der Waals surface area contributed by atoms with Crippen molar-refractivity contribution in [1.29, 1.82) is 0 Å². The fourth-order valence-electron chi connectivity index (χ4n) is 11.4. The van der Waals surface area contributed by atoms with Crippen molar-refractivity contribution in [3.8, 4) is 5.75 Å². The number of amides is 2. The Morgan fingerprint density at radius 1 is 0.510 bits per heavy atom. The molecule has 0 aromatic heterocycles. The molecule has 104 heavy (non-hydrogen) atoms. The van der Waals surface area contributed by atoms with Crippen LogP contribution in [-0.4, -0.2) is 214 Å². The van der Waals surface area contributed by atoms with E-state index in [4.69, 9.17) is 37.9 Å². The van der Waals surface area contributed by atoms with Crippen molar-refractivity contribution < 1.29 is 108 Å². The zero-order chi connectivity index (χ0) is 75.2. The van der Waals surface area contributed by atoms with Crippen LogP contribution in [0.1, 0.15) is 76.0 Å². The van der Waals surface area contributed by atoms with E-state index >= 15 is 0 Å². The first-order valence-electron chi connectivity index (χ1n) is 34.7. The van der Waals surface area contributed by atoms with Crippen LogP contribution in [-0.2, 0) is 61.9 Å². The Morgan fingerprint density at radius 2 is 0.942 bits per heavy atom. The van der Waals surface area contributed by atoms with Gasteiger partial charge in [-0.05, 0) is 98.4 Å². The summed E-state index contributed by atoms with van der Waals surface area (Å²) in [7, 11) is 0. The van der Waals surface area contributed by atoms with Crippen molar-refractivity contribution in [2.45, 2.75) is 114 Å². The quantitative estimate of drug-likeness (QED) is 0.0171. The number of aliphatic hydroxyl groups excluding tert-OH is 8. The highest BCUT2D eigenvalue weighted by molar-refractivity contribution is 6.21. The van der Waals surface area contributed by atoms with Crippen LogP contribution in [0.2, 0.25) is 0 Å².